The SMILES string of the molecule is Cn1c(NCC2CC(Cl)C2)nc2ccccc21. The van der Waals surface area contributed by atoms with Gasteiger partial charge in [0.25, 0.3) is 0 Å². The summed E-state index contributed by atoms with van der Waals surface area (Å²) in [6.45, 7) is 0.973. The molecule has 1 fully saturated rings. The number of aromatic nitrogens is 2. The van der Waals surface area contributed by atoms with E-state index in [0.29, 0.717) is 11.3 Å². The second-order valence-electron chi connectivity index (χ2n) is 4.80. The van der Waals surface area contributed by atoms with E-state index in [4.69, 9.17) is 11.6 Å². The monoisotopic (exact) mass is 249 g/mol. The van der Waals surface area contributed by atoms with Crippen LogP contribution in [-0.4, -0.2) is 21.5 Å². The number of para-hydroxylation sites is 2. The lowest BCUT2D eigenvalue weighted by molar-refractivity contribution is 0.340. The molecule has 0 spiro atoms. The van der Waals surface area contributed by atoms with E-state index in [2.05, 4.69) is 20.9 Å². The Bertz CT molecular complexity index is 528. The van der Waals surface area contributed by atoms with Crippen molar-refractivity contribution >= 4 is 28.6 Å². The maximum atomic E-state index is 5.97. The molecule has 0 aliphatic heterocycles. The van der Waals surface area contributed by atoms with Gasteiger partial charge in [0.05, 0.1) is 11.0 Å². The Kier molecular flexibility index (Phi) is 2.71. The molecule has 1 aromatic carbocycles. The van der Waals surface area contributed by atoms with Crippen LogP contribution in [0.2, 0.25) is 0 Å². The molecule has 1 saturated carbocycles. The van der Waals surface area contributed by atoms with Crippen molar-refractivity contribution in [2.24, 2.45) is 13.0 Å². The van der Waals surface area contributed by atoms with Crippen molar-refractivity contribution in [3.05, 3.63) is 24.3 Å². The molecule has 4 heteroatoms. The van der Waals surface area contributed by atoms with E-state index in [1.54, 1.807) is 0 Å². The Balaban J connectivity index is 1.74. The molecule has 0 radical (unpaired) electrons. The second-order valence-corrected chi connectivity index (χ2v) is 5.42. The highest BCUT2D eigenvalue weighted by atomic mass is 35.5. The molecule has 0 amide bonds. The number of hydrogen-bond acceptors (Lipinski definition) is 2. The summed E-state index contributed by atoms with van der Waals surface area (Å²) in [7, 11) is 2.04. The van der Waals surface area contributed by atoms with Crippen LogP contribution < -0.4 is 5.32 Å². The summed E-state index contributed by atoms with van der Waals surface area (Å²) < 4.78 is 2.10. The predicted octanol–water partition coefficient (Wildman–Crippen LogP) is 3.00. The third-order valence-electron chi connectivity index (χ3n) is 3.51. The number of nitrogens with zero attached hydrogens (tertiary/aromatic N) is 2. The van der Waals surface area contributed by atoms with Gasteiger partial charge in [-0.05, 0) is 30.9 Å². The Labute approximate surface area is 106 Å². The van der Waals surface area contributed by atoms with Crippen molar-refractivity contribution in [2.75, 3.05) is 11.9 Å². The molecule has 2 aromatic rings. The fourth-order valence-electron chi connectivity index (χ4n) is 2.36. The number of alkyl halides is 1. The van der Waals surface area contributed by atoms with E-state index in [9.17, 15) is 0 Å². The highest BCUT2D eigenvalue weighted by Crippen LogP contribution is 2.32. The highest BCUT2D eigenvalue weighted by molar-refractivity contribution is 6.21. The van der Waals surface area contributed by atoms with Gasteiger partial charge in [0.2, 0.25) is 5.95 Å². The van der Waals surface area contributed by atoms with Crippen LogP contribution in [-0.2, 0) is 7.05 Å². The van der Waals surface area contributed by atoms with Crippen LogP contribution in [0, 0.1) is 5.92 Å². The van der Waals surface area contributed by atoms with Crippen molar-refractivity contribution in [3.63, 3.8) is 0 Å². The number of rotatable bonds is 3. The van der Waals surface area contributed by atoms with Crippen molar-refractivity contribution < 1.29 is 0 Å². The van der Waals surface area contributed by atoms with Gasteiger partial charge < -0.3 is 9.88 Å². The zero-order valence-corrected chi connectivity index (χ0v) is 10.6. The summed E-state index contributed by atoms with van der Waals surface area (Å²) in [4.78, 5) is 4.58. The summed E-state index contributed by atoms with van der Waals surface area (Å²) in [5.41, 5.74) is 2.21. The van der Waals surface area contributed by atoms with Gasteiger partial charge >= 0.3 is 0 Å². The van der Waals surface area contributed by atoms with E-state index in [1.165, 1.54) is 5.52 Å². The first-order chi connectivity index (χ1) is 8.24. The Morgan fingerprint density at radius 1 is 1.41 bits per heavy atom. The average Bonchev–Trinajstić information content (AvgIpc) is 2.61. The summed E-state index contributed by atoms with van der Waals surface area (Å²) in [6.07, 6.45) is 2.25. The Hall–Kier alpha value is -1.22. The molecule has 0 atom stereocenters. The third-order valence-corrected chi connectivity index (χ3v) is 3.87. The molecule has 3 nitrogen and oxygen atoms in total. The van der Waals surface area contributed by atoms with Crippen LogP contribution in [0.3, 0.4) is 0 Å². The van der Waals surface area contributed by atoms with Gasteiger partial charge in [-0.15, -0.1) is 11.6 Å². The molecular weight excluding hydrogens is 234 g/mol. The highest BCUT2D eigenvalue weighted by Gasteiger charge is 2.27. The summed E-state index contributed by atoms with van der Waals surface area (Å²) in [5, 5.41) is 3.81. The van der Waals surface area contributed by atoms with Gasteiger partial charge in [0.1, 0.15) is 0 Å². The van der Waals surface area contributed by atoms with E-state index in [0.717, 1.165) is 30.9 Å². The van der Waals surface area contributed by atoms with Crippen LogP contribution >= 0.6 is 11.6 Å². The summed E-state index contributed by atoms with van der Waals surface area (Å²) in [5.74, 6) is 1.65. The standard InChI is InChI=1S/C13H16ClN3/c1-17-12-5-3-2-4-11(12)16-13(17)15-8-9-6-10(14)7-9/h2-5,9-10H,6-8H2,1H3,(H,15,16). The predicted molar refractivity (Wildman–Crippen MR) is 71.6 cm³/mol. The maximum Gasteiger partial charge on any atom is 0.203 e. The summed E-state index contributed by atoms with van der Waals surface area (Å²) >= 11 is 5.97. The first-order valence-corrected chi connectivity index (χ1v) is 6.47. The number of anilines is 1. The quantitative estimate of drug-likeness (QED) is 0.848. The van der Waals surface area contributed by atoms with E-state index >= 15 is 0 Å². The molecule has 1 aromatic heterocycles. The fraction of sp³-hybridized carbons (Fsp3) is 0.462. The minimum Gasteiger partial charge on any atom is -0.355 e. The number of halogens is 1. The van der Waals surface area contributed by atoms with Crippen molar-refractivity contribution in [3.8, 4) is 0 Å². The minimum absolute atomic E-state index is 0.391. The van der Waals surface area contributed by atoms with Gasteiger partial charge in [-0.3, -0.25) is 0 Å². The van der Waals surface area contributed by atoms with Crippen LogP contribution in [0.25, 0.3) is 11.0 Å². The fourth-order valence-corrected chi connectivity index (χ4v) is 2.86. The van der Waals surface area contributed by atoms with Gasteiger partial charge in [0.15, 0.2) is 0 Å². The van der Waals surface area contributed by atoms with Gasteiger partial charge in [0, 0.05) is 19.0 Å². The van der Waals surface area contributed by atoms with Gasteiger partial charge in [-0.2, -0.15) is 0 Å². The average molecular weight is 250 g/mol. The van der Waals surface area contributed by atoms with Crippen molar-refractivity contribution in [1.82, 2.24) is 9.55 Å². The van der Waals surface area contributed by atoms with Crippen LogP contribution in [0.4, 0.5) is 5.95 Å². The van der Waals surface area contributed by atoms with Crippen LogP contribution in [0.1, 0.15) is 12.8 Å². The topological polar surface area (TPSA) is 29.9 Å². The van der Waals surface area contributed by atoms with Crippen molar-refractivity contribution in [1.29, 1.82) is 0 Å². The molecule has 0 bridgehead atoms. The normalized spacial score (nSPS) is 23.6. The van der Waals surface area contributed by atoms with Gasteiger partial charge in [-0.25, -0.2) is 4.98 Å². The van der Waals surface area contributed by atoms with E-state index < -0.39 is 0 Å². The minimum atomic E-state index is 0.391. The Morgan fingerprint density at radius 2 is 2.18 bits per heavy atom. The number of hydrogen-bond donors (Lipinski definition) is 1. The molecule has 1 heterocycles. The second kappa shape index (κ2) is 4.22. The Morgan fingerprint density at radius 3 is 2.88 bits per heavy atom. The molecule has 1 N–H and O–H groups in total. The third kappa shape index (κ3) is 2.00. The molecule has 1 aliphatic carbocycles. The zero-order chi connectivity index (χ0) is 11.8. The first kappa shape index (κ1) is 10.9. The van der Waals surface area contributed by atoms with Crippen LogP contribution in [0.5, 0.6) is 0 Å². The number of nitrogens with one attached hydrogen (secondary N) is 1. The zero-order valence-electron chi connectivity index (χ0n) is 9.86. The molecular formula is C13H16ClN3. The summed E-state index contributed by atoms with van der Waals surface area (Å²) in [6, 6.07) is 8.19. The molecule has 3 rings (SSSR count). The van der Waals surface area contributed by atoms with Gasteiger partial charge in [-0.1, -0.05) is 12.1 Å². The number of fused-ring (bicyclic) bond motifs is 1. The van der Waals surface area contributed by atoms with E-state index in [1.807, 2.05) is 25.2 Å². The molecule has 1 aliphatic rings. The van der Waals surface area contributed by atoms with E-state index in [-0.39, 0.29) is 0 Å². The molecule has 90 valence electrons. The molecule has 17 heavy (non-hydrogen) atoms. The van der Waals surface area contributed by atoms with Crippen molar-refractivity contribution in [2.45, 2.75) is 18.2 Å². The lowest BCUT2D eigenvalue weighted by atomic mass is 9.85. The largest absolute Gasteiger partial charge is 0.355 e. The lowest BCUT2D eigenvalue weighted by Gasteiger charge is -2.30. The molecule has 0 saturated heterocycles. The molecule has 0 unspecified atom stereocenters. The number of aryl methyl sites for hydroxylation is 1. The van der Waals surface area contributed by atoms with Crippen LogP contribution in [0.15, 0.2) is 24.3 Å². The maximum absolute atomic E-state index is 5.97. The first-order valence-electron chi connectivity index (χ1n) is 6.03. The number of benzene rings is 1. The smallest absolute Gasteiger partial charge is 0.203 e. The lowest BCUT2D eigenvalue weighted by Crippen LogP contribution is -2.30. The number of imidazole rings is 1.